The van der Waals surface area contributed by atoms with Crippen LogP contribution in [-0.2, 0) is 21.2 Å². The van der Waals surface area contributed by atoms with Crippen LogP contribution in [0.25, 0.3) is 0 Å². The smallest absolute Gasteiger partial charge is 0.262 e. The Morgan fingerprint density at radius 2 is 1.96 bits per heavy atom. The zero-order valence-electron chi connectivity index (χ0n) is 14.5. The van der Waals surface area contributed by atoms with Crippen LogP contribution in [0.1, 0.15) is 30.4 Å². The summed E-state index contributed by atoms with van der Waals surface area (Å²) in [5, 5.41) is 3.94. The third-order valence-corrected chi connectivity index (χ3v) is 7.26. The van der Waals surface area contributed by atoms with Crippen molar-refractivity contribution in [1.82, 2.24) is 4.90 Å². The number of nitrogens with zero attached hydrogens (tertiary/aromatic N) is 1. The van der Waals surface area contributed by atoms with Crippen molar-refractivity contribution in [2.45, 2.75) is 37.5 Å². The van der Waals surface area contributed by atoms with Crippen molar-refractivity contribution in [2.24, 2.45) is 0 Å². The Labute approximate surface area is 163 Å². The zero-order valence-corrected chi connectivity index (χ0v) is 16.9. The number of sulfonamides is 1. The molecule has 1 aliphatic heterocycles. The molecule has 0 atom stereocenters. The molecule has 1 aromatic heterocycles. The van der Waals surface area contributed by atoms with E-state index in [0.29, 0.717) is 21.8 Å². The number of piperidine rings is 1. The third-order valence-electron chi connectivity index (χ3n) is 4.54. The fourth-order valence-electron chi connectivity index (χ4n) is 3.05. The summed E-state index contributed by atoms with van der Waals surface area (Å²) in [5.41, 5.74) is 1.66. The Kier molecular flexibility index (Phi) is 5.89. The number of anilines is 1. The first-order chi connectivity index (χ1) is 12.4. The predicted octanol–water partition coefficient (Wildman–Crippen LogP) is 4.07. The van der Waals surface area contributed by atoms with Gasteiger partial charge in [0, 0.05) is 23.5 Å². The van der Waals surface area contributed by atoms with E-state index >= 15 is 0 Å². The van der Waals surface area contributed by atoms with E-state index < -0.39 is 10.0 Å². The Morgan fingerprint density at radius 1 is 1.23 bits per heavy atom. The molecule has 1 N–H and O–H groups in total. The van der Waals surface area contributed by atoms with Crippen LogP contribution in [0.3, 0.4) is 0 Å². The number of rotatable bonds is 5. The lowest BCUT2D eigenvalue weighted by Crippen LogP contribution is -2.36. The Hall–Kier alpha value is -1.57. The van der Waals surface area contributed by atoms with Gasteiger partial charge < -0.3 is 4.90 Å². The number of hydrogen-bond donors (Lipinski definition) is 1. The second-order valence-corrected chi connectivity index (χ2v) is 9.20. The van der Waals surface area contributed by atoms with E-state index in [1.807, 2.05) is 10.3 Å². The highest BCUT2D eigenvalue weighted by atomic mass is 35.5. The summed E-state index contributed by atoms with van der Waals surface area (Å²) in [5.74, 6) is 0.0440. The van der Waals surface area contributed by atoms with Gasteiger partial charge in [-0.3, -0.25) is 9.52 Å². The number of amides is 1. The maximum absolute atomic E-state index is 12.8. The lowest BCUT2D eigenvalue weighted by molar-refractivity contribution is -0.131. The van der Waals surface area contributed by atoms with Gasteiger partial charge >= 0.3 is 0 Å². The predicted molar refractivity (Wildman–Crippen MR) is 105 cm³/mol. The van der Waals surface area contributed by atoms with Crippen LogP contribution in [-0.4, -0.2) is 32.3 Å². The van der Waals surface area contributed by atoms with E-state index in [2.05, 4.69) is 4.72 Å². The van der Waals surface area contributed by atoms with E-state index in [1.165, 1.54) is 17.4 Å². The summed E-state index contributed by atoms with van der Waals surface area (Å²) in [6, 6.07) is 4.79. The lowest BCUT2D eigenvalue weighted by Gasteiger charge is -2.26. The van der Waals surface area contributed by atoms with Crippen molar-refractivity contribution in [2.75, 3.05) is 17.8 Å². The molecule has 0 saturated carbocycles. The SMILES string of the molecule is Cc1c(Cl)cccc1S(=O)(=O)Nc1cscc1CC(=O)N1CCCCC1. The third kappa shape index (κ3) is 4.22. The van der Waals surface area contributed by atoms with Crippen LogP contribution >= 0.6 is 22.9 Å². The minimum atomic E-state index is -3.77. The molecule has 1 saturated heterocycles. The molecule has 26 heavy (non-hydrogen) atoms. The summed E-state index contributed by atoms with van der Waals surface area (Å²) in [6.45, 7) is 3.24. The van der Waals surface area contributed by atoms with Crippen LogP contribution in [0, 0.1) is 6.92 Å². The number of benzene rings is 1. The van der Waals surface area contributed by atoms with Crippen LogP contribution in [0.15, 0.2) is 33.9 Å². The molecule has 8 heteroatoms. The molecular weight excluding hydrogens is 392 g/mol. The summed E-state index contributed by atoms with van der Waals surface area (Å²) in [7, 11) is -3.77. The van der Waals surface area contributed by atoms with Gasteiger partial charge in [0.15, 0.2) is 0 Å². The van der Waals surface area contributed by atoms with Crippen molar-refractivity contribution in [3.05, 3.63) is 45.1 Å². The monoisotopic (exact) mass is 412 g/mol. The highest BCUT2D eigenvalue weighted by molar-refractivity contribution is 7.92. The number of carbonyl (C=O) groups excluding carboxylic acids is 1. The quantitative estimate of drug-likeness (QED) is 0.805. The molecule has 1 aromatic carbocycles. The summed E-state index contributed by atoms with van der Waals surface area (Å²) in [6.07, 6.45) is 3.42. The molecule has 0 aliphatic carbocycles. The molecule has 2 aromatic rings. The fourth-order valence-corrected chi connectivity index (χ4v) is 5.50. The first-order valence-corrected chi connectivity index (χ1v) is 11.3. The highest BCUT2D eigenvalue weighted by Gasteiger charge is 2.22. The van der Waals surface area contributed by atoms with Crippen molar-refractivity contribution in [3.8, 4) is 0 Å². The van der Waals surface area contributed by atoms with Crippen LogP contribution in [0.4, 0.5) is 5.69 Å². The Morgan fingerprint density at radius 3 is 2.69 bits per heavy atom. The van der Waals surface area contributed by atoms with Gasteiger partial charge in [-0.15, -0.1) is 11.3 Å². The number of thiophene rings is 1. The first-order valence-electron chi connectivity index (χ1n) is 8.49. The number of nitrogens with one attached hydrogen (secondary N) is 1. The maximum Gasteiger partial charge on any atom is 0.262 e. The van der Waals surface area contributed by atoms with Gasteiger partial charge in [0.05, 0.1) is 17.0 Å². The van der Waals surface area contributed by atoms with Gasteiger partial charge in [-0.2, -0.15) is 0 Å². The summed E-state index contributed by atoms with van der Waals surface area (Å²) < 4.78 is 28.1. The average Bonchev–Trinajstić information content (AvgIpc) is 3.04. The molecule has 2 heterocycles. The second-order valence-electron chi connectivity index (χ2n) is 6.40. The molecule has 140 valence electrons. The van der Waals surface area contributed by atoms with Gasteiger partial charge in [-0.05, 0) is 54.8 Å². The van der Waals surface area contributed by atoms with Crippen molar-refractivity contribution in [3.63, 3.8) is 0 Å². The van der Waals surface area contributed by atoms with Gasteiger partial charge in [0.2, 0.25) is 5.91 Å². The van der Waals surface area contributed by atoms with Crippen molar-refractivity contribution >= 4 is 44.6 Å². The van der Waals surface area contributed by atoms with Gasteiger partial charge in [0.25, 0.3) is 10.0 Å². The van der Waals surface area contributed by atoms with Crippen LogP contribution < -0.4 is 4.72 Å². The first kappa shape index (κ1) is 19.2. The molecule has 1 aliphatic rings. The van der Waals surface area contributed by atoms with E-state index in [0.717, 1.165) is 32.4 Å². The lowest BCUT2D eigenvalue weighted by atomic mass is 10.1. The maximum atomic E-state index is 12.8. The molecule has 0 spiro atoms. The molecule has 0 radical (unpaired) electrons. The summed E-state index contributed by atoms with van der Waals surface area (Å²) >= 11 is 7.42. The van der Waals surface area contributed by atoms with Crippen LogP contribution in [0.5, 0.6) is 0 Å². The molecular formula is C18H21ClN2O3S2. The zero-order chi connectivity index (χ0) is 18.7. The Bertz CT molecular complexity index is 903. The topological polar surface area (TPSA) is 66.5 Å². The van der Waals surface area contributed by atoms with Gasteiger partial charge in [-0.1, -0.05) is 17.7 Å². The summed E-state index contributed by atoms with van der Waals surface area (Å²) in [4.78, 5) is 14.5. The molecule has 5 nitrogen and oxygen atoms in total. The number of hydrogen-bond acceptors (Lipinski definition) is 4. The standard InChI is InChI=1S/C18H21ClN2O3S2/c1-13-15(19)6-5-7-17(13)26(23,24)20-16-12-25-11-14(16)10-18(22)21-8-3-2-4-9-21/h5-7,11-12,20H,2-4,8-10H2,1H3. The van der Waals surface area contributed by atoms with Crippen molar-refractivity contribution in [1.29, 1.82) is 0 Å². The minimum absolute atomic E-state index is 0.0440. The molecule has 1 amide bonds. The average molecular weight is 413 g/mol. The highest BCUT2D eigenvalue weighted by Crippen LogP contribution is 2.28. The van der Waals surface area contributed by atoms with Crippen molar-refractivity contribution < 1.29 is 13.2 Å². The molecule has 3 rings (SSSR count). The van der Waals surface area contributed by atoms with E-state index in [1.54, 1.807) is 24.4 Å². The van der Waals surface area contributed by atoms with E-state index in [4.69, 9.17) is 11.6 Å². The van der Waals surface area contributed by atoms with Crippen LogP contribution in [0.2, 0.25) is 5.02 Å². The number of likely N-dealkylation sites (tertiary alicyclic amines) is 1. The normalized spacial score (nSPS) is 15.1. The fraction of sp³-hybridized carbons (Fsp3) is 0.389. The molecule has 0 bridgehead atoms. The van der Waals surface area contributed by atoms with E-state index in [9.17, 15) is 13.2 Å². The largest absolute Gasteiger partial charge is 0.342 e. The Balaban J connectivity index is 1.78. The minimum Gasteiger partial charge on any atom is -0.342 e. The number of carbonyl (C=O) groups is 1. The second kappa shape index (κ2) is 7.98. The van der Waals surface area contributed by atoms with E-state index in [-0.39, 0.29) is 17.2 Å². The van der Waals surface area contributed by atoms with Gasteiger partial charge in [0.1, 0.15) is 0 Å². The molecule has 0 unspecified atom stereocenters. The van der Waals surface area contributed by atoms with Gasteiger partial charge in [-0.25, -0.2) is 8.42 Å². The molecule has 1 fully saturated rings. The number of halogens is 1.